The van der Waals surface area contributed by atoms with Gasteiger partial charge in [-0.1, -0.05) is 0 Å². The molecule has 0 fully saturated rings. The van der Waals surface area contributed by atoms with Gasteiger partial charge in [0, 0.05) is 131 Å². The Morgan fingerprint density at radius 3 is 0.714 bits per heavy atom. The van der Waals surface area contributed by atoms with Crippen molar-refractivity contribution in [3.05, 3.63) is 14.5 Å². The third-order valence-electron chi connectivity index (χ3n) is 0. The fraction of sp³-hybridized carbons (Fsp3) is 0. The number of rotatable bonds is 0. The Bertz CT molecular complexity index is 9.65. The first-order chi connectivity index (χ1) is 1.00. The summed E-state index contributed by atoms with van der Waals surface area (Å²) in [6, 6.07) is 0. The van der Waals surface area contributed by atoms with E-state index in [0.717, 1.165) is 0 Å². The predicted octanol–water partition coefficient (Wildman–Crippen LogP) is 0.177. The summed E-state index contributed by atoms with van der Waals surface area (Å²) in [6.45, 7) is 0. The molecule has 5 heteroatoms. The van der Waals surface area contributed by atoms with Gasteiger partial charge in [-0.2, -0.15) is 0 Å². The Balaban J connectivity index is -0.000000000500. The van der Waals surface area contributed by atoms with Crippen molar-refractivity contribution in [3.63, 3.8) is 0 Å². The van der Waals surface area contributed by atoms with Crippen molar-refractivity contribution in [3.8, 4) is 0 Å². The van der Waals surface area contributed by atoms with Crippen LogP contribution in [-0.4, -0.2) is 0 Å². The molecule has 0 aromatic carbocycles. The first kappa shape index (κ1) is 42.4. The Labute approximate surface area is 147 Å². The average molecular weight is 401 g/mol. The molecule has 2 N–H and O–H groups in total. The molecule has 0 heterocycles. The minimum atomic E-state index is 0. The molecule has 0 aliphatic heterocycles. The third kappa shape index (κ3) is 38.0. The van der Waals surface area contributed by atoms with Gasteiger partial charge < -0.3 is 13.2 Å². The maximum absolute atomic E-state index is 4.25. The summed E-state index contributed by atoms with van der Waals surface area (Å²) in [5.41, 5.74) is 4.25. The second-order valence-corrected chi connectivity index (χ2v) is 0. The van der Waals surface area contributed by atoms with Crippen molar-refractivity contribution in [1.29, 1.82) is 0 Å². The van der Waals surface area contributed by atoms with Crippen LogP contribution in [0.15, 0.2) is 0 Å². The van der Waals surface area contributed by atoms with Crippen LogP contribution >= 0.6 is 0 Å². The van der Waals surface area contributed by atoms with E-state index in [1.807, 2.05) is 0 Å². The summed E-state index contributed by atoms with van der Waals surface area (Å²) in [5.74, 6) is 0. The van der Waals surface area contributed by atoms with Gasteiger partial charge in [0.25, 0.3) is 0 Å². The summed E-state index contributed by atoms with van der Waals surface area (Å²) in [5, 5.41) is 0. The molecule has 0 rings (SSSR count). The molecular formula is C2H7NY4-2. The fourth-order valence-electron chi connectivity index (χ4n) is 0. The monoisotopic (exact) mass is 401 g/mol. The SMILES string of the molecule is [CH2-]N.[CH3-].[Y].[Y].[Y].[Y]. The van der Waals surface area contributed by atoms with Crippen molar-refractivity contribution in [2.75, 3.05) is 0 Å². The molecule has 0 spiro atoms. The molecule has 1 nitrogen and oxygen atoms in total. The Morgan fingerprint density at radius 1 is 0.714 bits per heavy atom. The number of hydrogen-bond acceptors (Lipinski definition) is 1. The zero-order chi connectivity index (χ0) is 2.00. The van der Waals surface area contributed by atoms with Crippen molar-refractivity contribution in [2.24, 2.45) is 5.73 Å². The maximum Gasteiger partial charge on any atom is 0 e. The van der Waals surface area contributed by atoms with E-state index in [2.05, 4.69) is 12.8 Å². The minimum absolute atomic E-state index is 0. The van der Waals surface area contributed by atoms with Crippen molar-refractivity contribution >= 4 is 0 Å². The second-order valence-electron chi connectivity index (χ2n) is 0. The minimum Gasteiger partial charge on any atom is -0.486 e. The van der Waals surface area contributed by atoms with Gasteiger partial charge in [0.1, 0.15) is 0 Å². The van der Waals surface area contributed by atoms with Gasteiger partial charge in [-0.3, -0.25) is 7.05 Å². The standard InChI is InChI=1S/CH4N.CH3.4Y/c1-2;;;;;/h1-2H2;1H3;;;;/q2*-1;;;;. The summed E-state index contributed by atoms with van der Waals surface area (Å²) in [6.07, 6.45) is 0. The van der Waals surface area contributed by atoms with Gasteiger partial charge >= 0.3 is 0 Å². The summed E-state index contributed by atoms with van der Waals surface area (Å²) < 4.78 is 0. The van der Waals surface area contributed by atoms with E-state index in [0.29, 0.717) is 0 Å². The molecule has 0 saturated heterocycles. The van der Waals surface area contributed by atoms with Crippen LogP contribution in [0.3, 0.4) is 0 Å². The van der Waals surface area contributed by atoms with E-state index < -0.39 is 0 Å². The summed E-state index contributed by atoms with van der Waals surface area (Å²) in [4.78, 5) is 0. The molecule has 0 amide bonds. The summed E-state index contributed by atoms with van der Waals surface area (Å²) in [7, 11) is 2.75. The van der Waals surface area contributed by atoms with Gasteiger partial charge in [0.15, 0.2) is 0 Å². The van der Waals surface area contributed by atoms with Crippen molar-refractivity contribution < 1.29 is 131 Å². The second kappa shape index (κ2) is 47.6. The molecule has 0 saturated carbocycles. The van der Waals surface area contributed by atoms with Gasteiger partial charge in [0.2, 0.25) is 0 Å². The third-order valence-corrected chi connectivity index (χ3v) is 0. The molecule has 0 aromatic heterocycles. The predicted molar refractivity (Wildman–Crippen MR) is 16.0 cm³/mol. The van der Waals surface area contributed by atoms with Gasteiger partial charge in [-0.15, -0.1) is 0 Å². The van der Waals surface area contributed by atoms with Gasteiger partial charge in [-0.25, -0.2) is 0 Å². The molecule has 4 radical (unpaired) electrons. The van der Waals surface area contributed by atoms with Crippen LogP contribution in [-0.2, 0) is 131 Å². The van der Waals surface area contributed by atoms with Crippen LogP contribution in [0.4, 0.5) is 0 Å². The number of hydrogen-bond donors (Lipinski definition) is 1. The van der Waals surface area contributed by atoms with Gasteiger partial charge in [-0.05, 0) is 0 Å². The van der Waals surface area contributed by atoms with Crippen LogP contribution in [0.25, 0.3) is 0 Å². The van der Waals surface area contributed by atoms with Crippen LogP contribution < -0.4 is 5.73 Å². The van der Waals surface area contributed by atoms with Gasteiger partial charge in [0.05, 0.1) is 0 Å². The van der Waals surface area contributed by atoms with Crippen LogP contribution in [0.5, 0.6) is 0 Å². The zero-order valence-corrected chi connectivity index (χ0v) is 15.9. The van der Waals surface area contributed by atoms with E-state index in [1.54, 1.807) is 0 Å². The van der Waals surface area contributed by atoms with Crippen LogP contribution in [0.1, 0.15) is 0 Å². The topological polar surface area (TPSA) is 26.0 Å². The quantitative estimate of drug-likeness (QED) is 0.577. The van der Waals surface area contributed by atoms with E-state index in [1.165, 1.54) is 0 Å². The molecule has 0 atom stereocenters. The number of nitrogens with two attached hydrogens (primary N) is 1. The Morgan fingerprint density at radius 2 is 0.714 bits per heavy atom. The normalized spacial score (nSPS) is 0.857. The fourth-order valence-corrected chi connectivity index (χ4v) is 0. The zero-order valence-electron chi connectivity index (χ0n) is 4.59. The van der Waals surface area contributed by atoms with E-state index in [-0.39, 0.29) is 138 Å². The molecule has 0 aliphatic rings. The molecule has 0 unspecified atom stereocenters. The average Bonchev–Trinajstić information content (AvgIpc) is 1.00. The van der Waals surface area contributed by atoms with Crippen LogP contribution in [0.2, 0.25) is 0 Å². The Kier molecular flexibility index (Phi) is 288. The van der Waals surface area contributed by atoms with Crippen molar-refractivity contribution in [2.45, 2.75) is 0 Å². The van der Waals surface area contributed by atoms with Crippen LogP contribution in [0, 0.1) is 14.5 Å². The first-order valence-corrected chi connectivity index (χ1v) is 0.408. The molecule has 0 aromatic rings. The van der Waals surface area contributed by atoms with E-state index in [4.69, 9.17) is 0 Å². The molecule has 7 heavy (non-hydrogen) atoms. The van der Waals surface area contributed by atoms with E-state index >= 15 is 0 Å². The van der Waals surface area contributed by atoms with E-state index in [9.17, 15) is 0 Å². The Hall–Kier alpha value is 4.38. The van der Waals surface area contributed by atoms with Crippen molar-refractivity contribution in [1.82, 2.24) is 0 Å². The molecule has 0 bridgehead atoms. The molecular weight excluding hydrogens is 394 g/mol. The first-order valence-electron chi connectivity index (χ1n) is 0.408. The maximum atomic E-state index is 4.25. The summed E-state index contributed by atoms with van der Waals surface area (Å²) >= 11 is 0. The largest absolute Gasteiger partial charge is 0.486 e. The smallest absolute Gasteiger partial charge is 0 e. The molecule has 0 aliphatic carbocycles. The molecule has 34 valence electrons.